The summed E-state index contributed by atoms with van der Waals surface area (Å²) in [6, 6.07) is 12.9. The van der Waals surface area contributed by atoms with E-state index in [2.05, 4.69) is 17.6 Å². The molecule has 0 saturated carbocycles. The van der Waals surface area contributed by atoms with Gasteiger partial charge in [0.25, 0.3) is 11.8 Å². The minimum atomic E-state index is -0.395. The Labute approximate surface area is 152 Å². The Morgan fingerprint density at radius 3 is 2.27 bits per heavy atom. The van der Waals surface area contributed by atoms with Gasteiger partial charge in [0.1, 0.15) is 11.6 Å². The zero-order valence-electron chi connectivity index (χ0n) is 14.8. The molecule has 5 nitrogen and oxygen atoms in total. The van der Waals surface area contributed by atoms with E-state index in [1.165, 1.54) is 29.8 Å². The number of carbonyl (C=O) groups is 2. The smallest absolute Gasteiger partial charge is 0.258 e. The van der Waals surface area contributed by atoms with E-state index in [4.69, 9.17) is 4.74 Å². The lowest BCUT2D eigenvalue weighted by Gasteiger charge is -2.09. The molecule has 6 heteroatoms. The van der Waals surface area contributed by atoms with Crippen molar-refractivity contribution < 1.29 is 18.7 Å². The number of ether oxygens (including phenoxy) is 1. The lowest BCUT2D eigenvalue weighted by molar-refractivity contribution is -0.123. The summed E-state index contributed by atoms with van der Waals surface area (Å²) in [7, 11) is 0. The van der Waals surface area contributed by atoms with Gasteiger partial charge >= 0.3 is 0 Å². The zero-order chi connectivity index (χ0) is 18.8. The van der Waals surface area contributed by atoms with Crippen LogP contribution in [0.3, 0.4) is 0 Å². The summed E-state index contributed by atoms with van der Waals surface area (Å²) in [5, 5.41) is 5.31. The molecule has 0 heterocycles. The van der Waals surface area contributed by atoms with E-state index < -0.39 is 5.82 Å². The van der Waals surface area contributed by atoms with Crippen molar-refractivity contribution in [2.75, 3.05) is 19.7 Å². The van der Waals surface area contributed by atoms with Crippen molar-refractivity contribution in [1.82, 2.24) is 10.6 Å². The Balaban J connectivity index is 1.62. The van der Waals surface area contributed by atoms with Gasteiger partial charge in [-0.15, -0.1) is 0 Å². The van der Waals surface area contributed by atoms with Gasteiger partial charge in [-0.25, -0.2) is 4.39 Å². The minimum Gasteiger partial charge on any atom is -0.484 e. The fraction of sp³-hybridized carbons (Fsp3) is 0.300. The monoisotopic (exact) mass is 358 g/mol. The molecule has 2 N–H and O–H groups in total. The lowest BCUT2D eigenvalue weighted by Crippen LogP contribution is -2.36. The molecule has 0 aliphatic carbocycles. The fourth-order valence-corrected chi connectivity index (χ4v) is 2.32. The number of aryl methyl sites for hydroxylation is 1. The Bertz CT molecular complexity index is 715. The van der Waals surface area contributed by atoms with Gasteiger partial charge in [0.2, 0.25) is 0 Å². The second kappa shape index (κ2) is 10.2. The molecule has 0 fully saturated rings. The Morgan fingerprint density at radius 2 is 1.62 bits per heavy atom. The number of carbonyl (C=O) groups excluding carboxylic acids is 2. The van der Waals surface area contributed by atoms with Crippen LogP contribution in [0.25, 0.3) is 0 Å². The van der Waals surface area contributed by atoms with E-state index in [-0.39, 0.29) is 31.5 Å². The van der Waals surface area contributed by atoms with Crippen LogP contribution >= 0.6 is 0 Å². The van der Waals surface area contributed by atoms with E-state index in [1.54, 1.807) is 0 Å². The number of nitrogens with one attached hydrogen (secondary N) is 2. The highest BCUT2D eigenvalue weighted by molar-refractivity contribution is 5.94. The van der Waals surface area contributed by atoms with Crippen LogP contribution in [0.2, 0.25) is 0 Å². The first-order valence-corrected chi connectivity index (χ1v) is 8.60. The molecule has 0 saturated heterocycles. The van der Waals surface area contributed by atoms with Crippen LogP contribution in [0, 0.1) is 5.82 Å². The first kappa shape index (κ1) is 19.4. The molecule has 0 aromatic heterocycles. The predicted molar refractivity (Wildman–Crippen MR) is 97.7 cm³/mol. The van der Waals surface area contributed by atoms with Crippen molar-refractivity contribution in [2.24, 2.45) is 0 Å². The Morgan fingerprint density at radius 1 is 0.962 bits per heavy atom. The molecule has 138 valence electrons. The summed E-state index contributed by atoms with van der Waals surface area (Å²) in [4.78, 5) is 23.6. The largest absolute Gasteiger partial charge is 0.484 e. The van der Waals surface area contributed by atoms with Crippen molar-refractivity contribution in [1.29, 1.82) is 0 Å². The summed E-state index contributed by atoms with van der Waals surface area (Å²) >= 11 is 0. The maximum atomic E-state index is 12.8. The molecular weight excluding hydrogens is 335 g/mol. The summed E-state index contributed by atoms with van der Waals surface area (Å²) in [5.74, 6) is -0.334. The summed E-state index contributed by atoms with van der Waals surface area (Å²) in [5.41, 5.74) is 1.61. The molecular formula is C20H23FN2O3. The Kier molecular flexibility index (Phi) is 7.61. The maximum absolute atomic E-state index is 12.8. The van der Waals surface area contributed by atoms with Crippen LogP contribution in [0.15, 0.2) is 48.5 Å². The fourth-order valence-electron chi connectivity index (χ4n) is 2.32. The van der Waals surface area contributed by atoms with Crippen LogP contribution in [0.1, 0.15) is 29.3 Å². The topological polar surface area (TPSA) is 67.4 Å². The second-order valence-electron chi connectivity index (χ2n) is 5.80. The summed E-state index contributed by atoms with van der Waals surface area (Å²) < 4.78 is 18.2. The van der Waals surface area contributed by atoms with Crippen LogP contribution in [0.4, 0.5) is 4.39 Å². The first-order chi connectivity index (χ1) is 12.6. The number of hydrogen-bond acceptors (Lipinski definition) is 3. The molecule has 0 atom stereocenters. The molecule has 2 rings (SSSR count). The van der Waals surface area contributed by atoms with Crippen LogP contribution in [-0.4, -0.2) is 31.5 Å². The first-order valence-electron chi connectivity index (χ1n) is 8.60. The van der Waals surface area contributed by atoms with Crippen molar-refractivity contribution in [3.63, 3.8) is 0 Å². The van der Waals surface area contributed by atoms with Crippen LogP contribution in [0.5, 0.6) is 5.75 Å². The summed E-state index contributed by atoms with van der Waals surface area (Å²) in [6.07, 6.45) is 2.10. The van der Waals surface area contributed by atoms with Gasteiger partial charge in [0, 0.05) is 18.7 Å². The third kappa shape index (κ3) is 6.55. The van der Waals surface area contributed by atoms with Crippen molar-refractivity contribution in [2.45, 2.75) is 19.8 Å². The van der Waals surface area contributed by atoms with Crippen LogP contribution < -0.4 is 15.4 Å². The van der Waals surface area contributed by atoms with Gasteiger partial charge in [0.05, 0.1) is 0 Å². The maximum Gasteiger partial charge on any atom is 0.258 e. The lowest BCUT2D eigenvalue weighted by atomic mass is 10.1. The number of amides is 2. The number of hydrogen-bond donors (Lipinski definition) is 2. The standard InChI is InChI=1S/C20H23FN2O3/c1-2-3-15-4-10-18(11-5-15)26-14-19(24)22-12-13-23-20(25)16-6-8-17(21)9-7-16/h4-11H,2-3,12-14H2,1H3,(H,22,24)(H,23,25). The van der Waals surface area contributed by atoms with E-state index in [0.29, 0.717) is 11.3 Å². The molecule has 0 bridgehead atoms. The SMILES string of the molecule is CCCc1ccc(OCC(=O)NCCNC(=O)c2ccc(F)cc2)cc1. The van der Waals surface area contributed by atoms with Crippen molar-refractivity contribution in [3.8, 4) is 5.75 Å². The molecule has 2 amide bonds. The number of halogens is 1. The number of rotatable bonds is 9. The van der Waals surface area contributed by atoms with E-state index in [1.807, 2.05) is 24.3 Å². The van der Waals surface area contributed by atoms with Gasteiger partial charge in [0.15, 0.2) is 6.61 Å². The molecule has 0 unspecified atom stereocenters. The number of benzene rings is 2. The highest BCUT2D eigenvalue weighted by Crippen LogP contribution is 2.13. The van der Waals surface area contributed by atoms with Gasteiger partial charge in [-0.3, -0.25) is 9.59 Å². The molecule has 26 heavy (non-hydrogen) atoms. The molecule has 0 aliphatic heterocycles. The van der Waals surface area contributed by atoms with E-state index in [9.17, 15) is 14.0 Å². The van der Waals surface area contributed by atoms with Gasteiger partial charge in [-0.1, -0.05) is 25.5 Å². The molecule has 2 aromatic carbocycles. The van der Waals surface area contributed by atoms with Crippen molar-refractivity contribution in [3.05, 3.63) is 65.5 Å². The molecule has 2 aromatic rings. The quantitative estimate of drug-likeness (QED) is 0.677. The Hall–Kier alpha value is -2.89. The summed E-state index contributed by atoms with van der Waals surface area (Å²) in [6.45, 7) is 2.59. The highest BCUT2D eigenvalue weighted by Gasteiger charge is 2.06. The average molecular weight is 358 g/mol. The van der Waals surface area contributed by atoms with Gasteiger partial charge in [-0.05, 0) is 48.4 Å². The average Bonchev–Trinajstić information content (AvgIpc) is 2.65. The molecule has 0 radical (unpaired) electrons. The third-order valence-corrected chi connectivity index (χ3v) is 3.67. The van der Waals surface area contributed by atoms with E-state index >= 15 is 0 Å². The molecule has 0 aliphatic rings. The van der Waals surface area contributed by atoms with Crippen LogP contribution in [-0.2, 0) is 11.2 Å². The normalized spacial score (nSPS) is 10.2. The minimum absolute atomic E-state index is 0.0843. The van der Waals surface area contributed by atoms with E-state index in [0.717, 1.165) is 12.8 Å². The highest BCUT2D eigenvalue weighted by atomic mass is 19.1. The zero-order valence-corrected chi connectivity index (χ0v) is 14.8. The predicted octanol–water partition coefficient (Wildman–Crippen LogP) is 2.70. The third-order valence-electron chi connectivity index (χ3n) is 3.67. The second-order valence-corrected chi connectivity index (χ2v) is 5.80. The van der Waals surface area contributed by atoms with Gasteiger partial charge in [-0.2, -0.15) is 0 Å². The van der Waals surface area contributed by atoms with Crippen molar-refractivity contribution >= 4 is 11.8 Å². The van der Waals surface area contributed by atoms with Gasteiger partial charge < -0.3 is 15.4 Å². The molecule has 0 spiro atoms.